The zero-order valence-corrected chi connectivity index (χ0v) is 25.0. The van der Waals surface area contributed by atoms with Gasteiger partial charge in [-0.3, -0.25) is 14.4 Å². The fourth-order valence-electron chi connectivity index (χ4n) is 6.02. The molecule has 0 aromatic heterocycles. The number of halogens is 1. The molecule has 226 valence electrons. The summed E-state index contributed by atoms with van der Waals surface area (Å²) in [6.45, 7) is 2.42. The van der Waals surface area contributed by atoms with Crippen molar-refractivity contribution >= 4 is 29.3 Å². The molecule has 4 N–H and O–H groups in total. The van der Waals surface area contributed by atoms with E-state index in [4.69, 9.17) is 16.3 Å². The Hall–Kier alpha value is -3.14. The fourth-order valence-corrected chi connectivity index (χ4v) is 6.15. The number of rotatable bonds is 4. The summed E-state index contributed by atoms with van der Waals surface area (Å²) >= 11 is 6.05. The summed E-state index contributed by atoms with van der Waals surface area (Å²) in [6.07, 6.45) is 4.01. The number of amides is 3. The number of ether oxygens (including phenoxy) is 1. The number of nitrogens with one attached hydrogen (secondary N) is 3. The summed E-state index contributed by atoms with van der Waals surface area (Å²) < 4.78 is 6.47. The average molecular weight is 597 g/mol. The molecule has 0 saturated heterocycles. The van der Waals surface area contributed by atoms with Crippen LogP contribution in [0.15, 0.2) is 42.5 Å². The maximum atomic E-state index is 13.8. The van der Waals surface area contributed by atoms with Crippen molar-refractivity contribution in [2.24, 2.45) is 5.92 Å². The van der Waals surface area contributed by atoms with Gasteiger partial charge in [0.05, 0.1) is 12.1 Å². The molecule has 2 heterocycles. The zero-order valence-electron chi connectivity index (χ0n) is 24.3. The Balaban J connectivity index is 1.43. The summed E-state index contributed by atoms with van der Waals surface area (Å²) in [6, 6.07) is 10.8. The molecule has 2 aliphatic heterocycles. The first kappa shape index (κ1) is 30.3. The predicted octanol–water partition coefficient (Wildman–Crippen LogP) is 2.40. The van der Waals surface area contributed by atoms with Gasteiger partial charge in [0.2, 0.25) is 17.7 Å². The number of fused-ring (bicyclic) bond motifs is 1. The van der Waals surface area contributed by atoms with Crippen molar-refractivity contribution in [2.45, 2.75) is 82.2 Å². The Bertz CT molecular complexity index is 1280. The van der Waals surface area contributed by atoms with Crippen LogP contribution >= 0.6 is 11.6 Å². The van der Waals surface area contributed by atoms with Crippen LogP contribution in [0, 0.1) is 5.92 Å². The molecule has 5 atom stereocenters. The first-order chi connectivity index (χ1) is 20.2. The lowest BCUT2D eigenvalue weighted by atomic mass is 9.96. The lowest BCUT2D eigenvalue weighted by molar-refractivity contribution is -0.145. The van der Waals surface area contributed by atoms with Gasteiger partial charge in [-0.25, -0.2) is 0 Å². The van der Waals surface area contributed by atoms with Crippen LogP contribution in [-0.4, -0.2) is 78.2 Å². The number of likely N-dealkylation sites (N-methyl/N-ethyl adjacent to an activating group) is 1. The Morgan fingerprint density at radius 1 is 1.02 bits per heavy atom. The largest absolute Gasteiger partial charge is 0.489 e. The van der Waals surface area contributed by atoms with E-state index in [1.165, 1.54) is 17.4 Å². The number of para-hydroxylation sites is 1. The number of nitrogens with zero attached hydrogens (tertiary/aromatic N) is 1. The van der Waals surface area contributed by atoms with Crippen LogP contribution in [0.2, 0.25) is 5.02 Å². The first-order valence-electron chi connectivity index (χ1n) is 15.0. The highest BCUT2D eigenvalue weighted by Gasteiger charge is 2.42. The second-order valence-electron chi connectivity index (χ2n) is 11.8. The standard InChI is InChI=1S/C32H41ClN4O5/c1-19(38)28-31(40)36-26(17-20-8-13-24(33)14-9-20)30(39)34-16-4-7-22-5-3-6-23-12-15-25(42-29(22)23)18-35-27(21-10-11-21)32(41)37(28)2/h3,5-6,8-9,13-14,19,21,25-28,35,38H,4,7,10-12,15-18H2,1-2H3,(H,34,39)(H,36,40)/t19?,25?,26-,27+,28+/m1/s1. The van der Waals surface area contributed by atoms with Crippen LogP contribution in [0.1, 0.15) is 49.3 Å². The molecule has 5 rings (SSSR count). The minimum atomic E-state index is -1.17. The minimum Gasteiger partial charge on any atom is -0.489 e. The summed E-state index contributed by atoms with van der Waals surface area (Å²) in [5, 5.41) is 20.5. The average Bonchev–Trinajstić information content (AvgIpc) is 3.81. The Kier molecular flexibility index (Phi) is 9.70. The molecular weight excluding hydrogens is 556 g/mol. The van der Waals surface area contributed by atoms with Crippen LogP contribution in [0.3, 0.4) is 0 Å². The van der Waals surface area contributed by atoms with Crippen molar-refractivity contribution in [3.63, 3.8) is 0 Å². The Morgan fingerprint density at radius 3 is 2.43 bits per heavy atom. The molecule has 3 amide bonds. The Morgan fingerprint density at radius 2 is 1.74 bits per heavy atom. The lowest BCUT2D eigenvalue weighted by Gasteiger charge is -2.34. The van der Waals surface area contributed by atoms with Crippen molar-refractivity contribution < 1.29 is 24.2 Å². The third-order valence-corrected chi connectivity index (χ3v) is 8.77. The summed E-state index contributed by atoms with van der Waals surface area (Å²) in [5.74, 6) is -0.0887. The van der Waals surface area contributed by atoms with Gasteiger partial charge in [-0.2, -0.15) is 0 Å². The van der Waals surface area contributed by atoms with Crippen molar-refractivity contribution in [1.29, 1.82) is 0 Å². The predicted molar refractivity (Wildman–Crippen MR) is 160 cm³/mol. The van der Waals surface area contributed by atoms with Gasteiger partial charge in [0, 0.05) is 31.6 Å². The fraction of sp³-hybridized carbons (Fsp3) is 0.531. The number of carbonyl (C=O) groups is 3. The molecule has 0 spiro atoms. The van der Waals surface area contributed by atoms with Crippen LogP contribution in [0.4, 0.5) is 0 Å². The molecule has 1 fully saturated rings. The molecule has 2 aromatic carbocycles. The molecule has 9 nitrogen and oxygen atoms in total. The molecule has 1 aliphatic carbocycles. The number of carbonyl (C=O) groups excluding carboxylic acids is 3. The highest BCUT2D eigenvalue weighted by atomic mass is 35.5. The maximum Gasteiger partial charge on any atom is 0.246 e. The quantitative estimate of drug-likeness (QED) is 0.430. The third-order valence-electron chi connectivity index (χ3n) is 8.52. The van der Waals surface area contributed by atoms with Crippen molar-refractivity contribution in [2.75, 3.05) is 20.1 Å². The molecule has 2 bridgehead atoms. The van der Waals surface area contributed by atoms with Crippen LogP contribution in [0.5, 0.6) is 5.75 Å². The van der Waals surface area contributed by atoms with Gasteiger partial charge in [0.25, 0.3) is 0 Å². The smallest absolute Gasteiger partial charge is 0.246 e. The molecular formula is C32H41ClN4O5. The monoisotopic (exact) mass is 596 g/mol. The van der Waals surface area contributed by atoms with Gasteiger partial charge in [0.1, 0.15) is 23.9 Å². The number of aryl methyl sites for hydroxylation is 2. The van der Waals surface area contributed by atoms with E-state index >= 15 is 0 Å². The van der Waals surface area contributed by atoms with Gasteiger partial charge in [-0.05, 0) is 80.2 Å². The number of benzene rings is 2. The molecule has 42 heavy (non-hydrogen) atoms. The molecule has 0 radical (unpaired) electrons. The van der Waals surface area contributed by atoms with Crippen molar-refractivity contribution in [3.05, 3.63) is 64.2 Å². The van der Waals surface area contributed by atoms with Gasteiger partial charge < -0.3 is 30.7 Å². The van der Waals surface area contributed by atoms with Gasteiger partial charge >= 0.3 is 0 Å². The van der Waals surface area contributed by atoms with Crippen LogP contribution < -0.4 is 20.7 Å². The summed E-state index contributed by atoms with van der Waals surface area (Å²) in [7, 11) is 1.54. The van der Waals surface area contributed by atoms with Gasteiger partial charge in [0.15, 0.2) is 0 Å². The minimum absolute atomic E-state index is 0.0823. The summed E-state index contributed by atoms with van der Waals surface area (Å²) in [4.78, 5) is 42.2. The van der Waals surface area contributed by atoms with E-state index in [9.17, 15) is 19.5 Å². The molecule has 3 aliphatic rings. The SMILES string of the molecule is CC(O)[C@H]1C(=O)N[C@H](Cc2ccc(Cl)cc2)C(=O)NCCCc2cccc3c2OC(CC3)CN[C@@H](C2CC2)C(=O)N1C. The molecule has 2 unspecified atom stereocenters. The van der Waals surface area contributed by atoms with E-state index in [1.807, 2.05) is 12.1 Å². The van der Waals surface area contributed by atoms with E-state index in [-0.39, 0.29) is 30.3 Å². The summed E-state index contributed by atoms with van der Waals surface area (Å²) in [5.41, 5.74) is 3.11. The van der Waals surface area contributed by atoms with Crippen LogP contribution in [-0.2, 0) is 33.6 Å². The number of hydrogen-bond donors (Lipinski definition) is 4. The number of hydrogen-bond acceptors (Lipinski definition) is 6. The van der Waals surface area contributed by atoms with Crippen molar-refractivity contribution in [3.8, 4) is 5.75 Å². The number of aliphatic hydroxyl groups excluding tert-OH is 1. The first-order valence-corrected chi connectivity index (χ1v) is 15.4. The lowest BCUT2D eigenvalue weighted by Crippen LogP contribution is -2.60. The van der Waals surface area contributed by atoms with Gasteiger partial charge in [-0.1, -0.05) is 41.9 Å². The second kappa shape index (κ2) is 13.4. The third kappa shape index (κ3) is 7.25. The molecule has 2 aromatic rings. The normalized spacial score (nSPS) is 26.8. The highest BCUT2D eigenvalue weighted by Crippen LogP contribution is 2.35. The van der Waals surface area contributed by atoms with E-state index in [0.29, 0.717) is 24.5 Å². The Labute approximate surface area is 252 Å². The number of aliphatic hydroxyl groups is 1. The molecule has 10 heteroatoms. The zero-order chi connectivity index (χ0) is 29.8. The van der Waals surface area contributed by atoms with E-state index in [0.717, 1.165) is 49.0 Å². The van der Waals surface area contributed by atoms with E-state index in [1.54, 1.807) is 19.2 Å². The molecule has 1 saturated carbocycles. The van der Waals surface area contributed by atoms with Crippen molar-refractivity contribution in [1.82, 2.24) is 20.9 Å². The van der Waals surface area contributed by atoms with E-state index < -0.39 is 30.1 Å². The maximum absolute atomic E-state index is 13.8. The topological polar surface area (TPSA) is 120 Å². The second-order valence-corrected chi connectivity index (χ2v) is 12.3. The van der Waals surface area contributed by atoms with Gasteiger partial charge in [-0.15, -0.1) is 0 Å². The van der Waals surface area contributed by atoms with Crippen LogP contribution in [0.25, 0.3) is 0 Å². The highest BCUT2D eigenvalue weighted by molar-refractivity contribution is 6.30. The van der Waals surface area contributed by atoms with E-state index in [2.05, 4.69) is 34.1 Å².